The minimum absolute atomic E-state index is 0.533. The van der Waals surface area contributed by atoms with Crippen LogP contribution in [0.1, 0.15) is 23.6 Å². The molecule has 1 aliphatic heterocycles. The lowest BCUT2D eigenvalue weighted by molar-refractivity contribution is 0.354. The summed E-state index contributed by atoms with van der Waals surface area (Å²) in [5.41, 5.74) is 9.21. The van der Waals surface area contributed by atoms with Gasteiger partial charge < -0.3 is 15.8 Å². The van der Waals surface area contributed by atoms with Gasteiger partial charge in [-0.1, -0.05) is 22.9 Å². The molecule has 6 heteroatoms. The van der Waals surface area contributed by atoms with Gasteiger partial charge in [0, 0.05) is 28.6 Å². The second-order valence-corrected chi connectivity index (χ2v) is 5.86. The SMILES string of the molecule is CCc1c(N)ncnc1NCc1cc(Br)cc2c1OCC2. The molecular weight excluding hydrogens is 332 g/mol. The first-order valence-electron chi connectivity index (χ1n) is 6.96. The summed E-state index contributed by atoms with van der Waals surface area (Å²) in [4.78, 5) is 8.32. The first-order chi connectivity index (χ1) is 10.2. The molecule has 3 rings (SSSR count). The normalized spacial score (nSPS) is 12.9. The summed E-state index contributed by atoms with van der Waals surface area (Å²) in [6, 6.07) is 4.19. The molecule has 0 unspecified atom stereocenters. The van der Waals surface area contributed by atoms with Crippen molar-refractivity contribution in [3.63, 3.8) is 0 Å². The van der Waals surface area contributed by atoms with E-state index >= 15 is 0 Å². The quantitative estimate of drug-likeness (QED) is 0.888. The van der Waals surface area contributed by atoms with Crippen molar-refractivity contribution < 1.29 is 4.74 Å². The average molecular weight is 349 g/mol. The molecule has 2 heterocycles. The summed E-state index contributed by atoms with van der Waals surface area (Å²) in [6.45, 7) is 3.44. The Morgan fingerprint density at radius 1 is 1.38 bits per heavy atom. The molecule has 1 aromatic heterocycles. The third-order valence-electron chi connectivity index (χ3n) is 3.60. The van der Waals surface area contributed by atoms with E-state index in [4.69, 9.17) is 10.5 Å². The highest BCUT2D eigenvalue weighted by atomic mass is 79.9. The Bertz CT molecular complexity index is 675. The van der Waals surface area contributed by atoms with Crippen LogP contribution in [0.15, 0.2) is 22.9 Å². The van der Waals surface area contributed by atoms with Gasteiger partial charge in [-0.15, -0.1) is 0 Å². The van der Waals surface area contributed by atoms with Crippen LogP contribution in [-0.2, 0) is 19.4 Å². The van der Waals surface area contributed by atoms with E-state index in [1.807, 2.05) is 6.92 Å². The van der Waals surface area contributed by atoms with Gasteiger partial charge in [0.15, 0.2) is 0 Å². The van der Waals surface area contributed by atoms with Crippen molar-refractivity contribution in [2.45, 2.75) is 26.3 Å². The maximum Gasteiger partial charge on any atom is 0.134 e. The number of nitrogens with two attached hydrogens (primary N) is 1. The fraction of sp³-hybridized carbons (Fsp3) is 0.333. The summed E-state index contributed by atoms with van der Waals surface area (Å²) >= 11 is 3.55. The van der Waals surface area contributed by atoms with E-state index in [1.54, 1.807) is 0 Å². The standard InChI is InChI=1S/C15H17BrN4O/c1-2-12-14(17)19-8-20-15(12)18-7-10-6-11(16)5-9-3-4-21-13(9)10/h5-6,8H,2-4,7H2,1H3,(H3,17,18,19,20). The Morgan fingerprint density at radius 3 is 3.05 bits per heavy atom. The van der Waals surface area contributed by atoms with Crippen molar-refractivity contribution in [1.82, 2.24) is 9.97 Å². The minimum Gasteiger partial charge on any atom is -0.493 e. The molecule has 0 fully saturated rings. The van der Waals surface area contributed by atoms with E-state index in [2.05, 4.69) is 43.3 Å². The van der Waals surface area contributed by atoms with Crippen molar-refractivity contribution >= 4 is 27.6 Å². The molecule has 0 bridgehead atoms. The zero-order chi connectivity index (χ0) is 14.8. The zero-order valence-electron chi connectivity index (χ0n) is 11.8. The number of halogens is 1. The van der Waals surface area contributed by atoms with Gasteiger partial charge >= 0.3 is 0 Å². The van der Waals surface area contributed by atoms with Crippen LogP contribution in [0.2, 0.25) is 0 Å². The largest absolute Gasteiger partial charge is 0.493 e. The highest BCUT2D eigenvalue weighted by Gasteiger charge is 2.17. The van der Waals surface area contributed by atoms with E-state index in [0.29, 0.717) is 12.4 Å². The van der Waals surface area contributed by atoms with Crippen molar-refractivity contribution in [2.24, 2.45) is 0 Å². The molecule has 110 valence electrons. The van der Waals surface area contributed by atoms with Crippen molar-refractivity contribution in [2.75, 3.05) is 17.7 Å². The molecule has 0 amide bonds. The lowest BCUT2D eigenvalue weighted by Crippen LogP contribution is -2.08. The second-order valence-electron chi connectivity index (χ2n) is 4.94. The number of ether oxygens (including phenoxy) is 1. The number of rotatable bonds is 4. The number of aromatic nitrogens is 2. The molecule has 3 N–H and O–H groups in total. The Labute approximate surface area is 132 Å². The van der Waals surface area contributed by atoms with Gasteiger partial charge in [-0.3, -0.25) is 0 Å². The maximum absolute atomic E-state index is 5.89. The van der Waals surface area contributed by atoms with Crippen LogP contribution < -0.4 is 15.8 Å². The molecule has 2 aromatic rings. The van der Waals surface area contributed by atoms with Gasteiger partial charge in [-0.25, -0.2) is 9.97 Å². The van der Waals surface area contributed by atoms with Crippen LogP contribution in [0.5, 0.6) is 5.75 Å². The monoisotopic (exact) mass is 348 g/mol. The third-order valence-corrected chi connectivity index (χ3v) is 4.06. The molecule has 0 saturated carbocycles. The lowest BCUT2D eigenvalue weighted by Gasteiger charge is -2.13. The van der Waals surface area contributed by atoms with Crippen molar-refractivity contribution in [3.05, 3.63) is 39.6 Å². The highest BCUT2D eigenvalue weighted by Crippen LogP contribution is 2.33. The fourth-order valence-corrected chi connectivity index (χ4v) is 3.14. The van der Waals surface area contributed by atoms with Gasteiger partial charge in [0.25, 0.3) is 0 Å². The van der Waals surface area contributed by atoms with Gasteiger partial charge in [0.05, 0.1) is 6.61 Å². The van der Waals surface area contributed by atoms with E-state index in [9.17, 15) is 0 Å². The number of nitrogen functional groups attached to an aromatic ring is 1. The van der Waals surface area contributed by atoms with Crippen LogP contribution in [0.25, 0.3) is 0 Å². The number of hydrogen-bond donors (Lipinski definition) is 2. The Kier molecular flexibility index (Phi) is 3.96. The number of fused-ring (bicyclic) bond motifs is 1. The Balaban J connectivity index is 1.85. The molecule has 0 saturated heterocycles. The molecule has 21 heavy (non-hydrogen) atoms. The minimum atomic E-state index is 0.533. The first kappa shape index (κ1) is 14.1. The summed E-state index contributed by atoms with van der Waals surface area (Å²) < 4.78 is 6.81. The third kappa shape index (κ3) is 2.81. The number of nitrogens with zero attached hydrogens (tertiary/aromatic N) is 2. The van der Waals surface area contributed by atoms with Crippen LogP contribution in [-0.4, -0.2) is 16.6 Å². The van der Waals surface area contributed by atoms with Crippen molar-refractivity contribution in [1.29, 1.82) is 0 Å². The van der Waals surface area contributed by atoms with E-state index in [1.165, 1.54) is 11.9 Å². The molecule has 5 nitrogen and oxygen atoms in total. The summed E-state index contributed by atoms with van der Waals surface area (Å²) in [6.07, 6.45) is 3.24. The number of nitrogens with one attached hydrogen (secondary N) is 1. The van der Waals surface area contributed by atoms with Crippen LogP contribution in [0.4, 0.5) is 11.6 Å². The number of anilines is 2. The average Bonchev–Trinajstić information content (AvgIpc) is 2.93. The maximum atomic E-state index is 5.89. The second kappa shape index (κ2) is 5.89. The number of benzene rings is 1. The predicted molar refractivity (Wildman–Crippen MR) is 86.5 cm³/mol. The molecule has 0 aliphatic carbocycles. The summed E-state index contributed by atoms with van der Waals surface area (Å²) in [5.74, 6) is 2.31. The van der Waals surface area contributed by atoms with Crippen LogP contribution >= 0.6 is 15.9 Å². The smallest absolute Gasteiger partial charge is 0.134 e. The van der Waals surface area contributed by atoms with Crippen LogP contribution in [0, 0.1) is 0 Å². The van der Waals surface area contributed by atoms with Crippen LogP contribution in [0.3, 0.4) is 0 Å². The molecular formula is C15H17BrN4O. The van der Waals surface area contributed by atoms with E-state index < -0.39 is 0 Å². The molecule has 0 radical (unpaired) electrons. The van der Waals surface area contributed by atoms with Crippen molar-refractivity contribution in [3.8, 4) is 5.75 Å². The Hall–Kier alpha value is -1.82. The molecule has 1 aromatic carbocycles. The van der Waals surface area contributed by atoms with E-state index in [-0.39, 0.29) is 0 Å². The molecule has 0 spiro atoms. The first-order valence-corrected chi connectivity index (χ1v) is 7.75. The Morgan fingerprint density at radius 2 is 2.24 bits per heavy atom. The van der Waals surface area contributed by atoms with Gasteiger partial charge in [-0.05, 0) is 24.1 Å². The summed E-state index contributed by atoms with van der Waals surface area (Å²) in [5, 5.41) is 3.35. The highest BCUT2D eigenvalue weighted by molar-refractivity contribution is 9.10. The van der Waals surface area contributed by atoms with E-state index in [0.717, 1.165) is 46.6 Å². The van der Waals surface area contributed by atoms with Gasteiger partial charge in [0.1, 0.15) is 23.7 Å². The molecule has 1 aliphatic rings. The zero-order valence-corrected chi connectivity index (χ0v) is 13.4. The predicted octanol–water partition coefficient (Wildman–Crippen LogP) is 2.93. The van der Waals surface area contributed by atoms with Gasteiger partial charge in [-0.2, -0.15) is 0 Å². The van der Waals surface area contributed by atoms with Gasteiger partial charge in [0.2, 0.25) is 0 Å². The topological polar surface area (TPSA) is 73.1 Å². The number of hydrogen-bond acceptors (Lipinski definition) is 5. The molecule has 0 atom stereocenters. The fourth-order valence-electron chi connectivity index (χ4n) is 2.58. The summed E-state index contributed by atoms with van der Waals surface area (Å²) in [7, 11) is 0. The lowest BCUT2D eigenvalue weighted by atomic mass is 10.1.